The second-order valence-corrected chi connectivity index (χ2v) is 5.77. The Kier molecular flexibility index (Phi) is 3.94. The lowest BCUT2D eigenvalue weighted by atomic mass is 10.2. The number of aromatic nitrogens is 2. The van der Waals surface area contributed by atoms with Gasteiger partial charge in [0.25, 0.3) is 5.56 Å². The summed E-state index contributed by atoms with van der Waals surface area (Å²) >= 11 is 9.32. The molecule has 4 nitrogen and oxygen atoms in total. The molecule has 2 N–H and O–H groups in total. The number of H-pyrrole nitrogens is 1. The van der Waals surface area contributed by atoms with Gasteiger partial charge in [-0.15, -0.1) is 0 Å². The predicted molar refractivity (Wildman–Crippen MR) is 88.8 cm³/mol. The maximum absolute atomic E-state index is 12.0. The number of benzene rings is 2. The molecule has 106 valence electrons. The molecule has 21 heavy (non-hydrogen) atoms. The van der Waals surface area contributed by atoms with Gasteiger partial charge in [-0.05, 0) is 46.3 Å². The molecule has 1 aromatic heterocycles. The van der Waals surface area contributed by atoms with Crippen LogP contribution >= 0.6 is 27.5 Å². The summed E-state index contributed by atoms with van der Waals surface area (Å²) in [5.41, 5.74) is 1.45. The zero-order valence-corrected chi connectivity index (χ0v) is 13.2. The molecule has 0 fully saturated rings. The minimum absolute atomic E-state index is 0.130. The van der Waals surface area contributed by atoms with Gasteiger partial charge < -0.3 is 10.3 Å². The average Bonchev–Trinajstić information content (AvgIpc) is 2.49. The number of anilines is 1. The summed E-state index contributed by atoms with van der Waals surface area (Å²) < 4.78 is 0.814. The fourth-order valence-corrected chi connectivity index (χ4v) is 2.51. The molecule has 0 atom stereocenters. The van der Waals surface area contributed by atoms with Crippen LogP contribution in [-0.2, 0) is 6.54 Å². The lowest BCUT2D eigenvalue weighted by Crippen LogP contribution is -2.14. The van der Waals surface area contributed by atoms with Crippen molar-refractivity contribution < 1.29 is 0 Å². The number of nitrogens with one attached hydrogen (secondary N) is 2. The normalized spacial score (nSPS) is 10.8. The van der Waals surface area contributed by atoms with Crippen molar-refractivity contribution in [1.29, 1.82) is 0 Å². The van der Waals surface area contributed by atoms with E-state index >= 15 is 0 Å². The van der Waals surface area contributed by atoms with Crippen LogP contribution in [0.25, 0.3) is 10.9 Å². The summed E-state index contributed by atoms with van der Waals surface area (Å²) in [5.74, 6) is 0.588. The quantitative estimate of drug-likeness (QED) is 0.740. The standard InChI is InChI=1S/C15H11BrClN3O/c16-11-7-9(5-6-12(11)17)18-8-14-19-13-4-2-1-3-10(13)15(21)20-14/h1-7,18H,8H2,(H,19,20,21). The molecule has 0 amide bonds. The van der Waals surface area contributed by atoms with Crippen molar-refractivity contribution in [3.05, 3.63) is 68.1 Å². The van der Waals surface area contributed by atoms with Gasteiger partial charge in [0, 0.05) is 10.2 Å². The molecule has 3 rings (SSSR count). The summed E-state index contributed by atoms with van der Waals surface area (Å²) in [6.45, 7) is 0.425. The monoisotopic (exact) mass is 363 g/mol. The number of aromatic amines is 1. The first-order valence-corrected chi connectivity index (χ1v) is 7.47. The first kappa shape index (κ1) is 14.1. The number of para-hydroxylation sites is 1. The first-order chi connectivity index (χ1) is 10.1. The highest BCUT2D eigenvalue weighted by atomic mass is 79.9. The maximum Gasteiger partial charge on any atom is 0.258 e. The van der Waals surface area contributed by atoms with Gasteiger partial charge in [-0.25, -0.2) is 4.98 Å². The van der Waals surface area contributed by atoms with Gasteiger partial charge in [0.2, 0.25) is 0 Å². The largest absolute Gasteiger partial charge is 0.378 e. The third-order valence-corrected chi connectivity index (χ3v) is 4.26. The van der Waals surface area contributed by atoms with Crippen LogP contribution in [-0.4, -0.2) is 9.97 Å². The Hall–Kier alpha value is -1.85. The molecule has 0 aliphatic carbocycles. The van der Waals surface area contributed by atoms with E-state index in [1.54, 1.807) is 12.1 Å². The zero-order valence-electron chi connectivity index (χ0n) is 10.9. The molecule has 0 saturated heterocycles. The molecule has 0 bridgehead atoms. The number of rotatable bonds is 3. The molecule has 0 saturated carbocycles. The van der Waals surface area contributed by atoms with Crippen molar-refractivity contribution >= 4 is 44.1 Å². The Labute approximate surface area is 134 Å². The Bertz CT molecular complexity index is 863. The summed E-state index contributed by atoms with van der Waals surface area (Å²) in [4.78, 5) is 19.2. The third-order valence-electron chi connectivity index (χ3n) is 3.04. The van der Waals surface area contributed by atoms with E-state index in [0.717, 1.165) is 10.2 Å². The molecule has 0 aliphatic heterocycles. The molecule has 1 heterocycles. The van der Waals surface area contributed by atoms with Crippen molar-refractivity contribution in [1.82, 2.24) is 9.97 Å². The topological polar surface area (TPSA) is 57.8 Å². The van der Waals surface area contributed by atoms with Gasteiger partial charge in [0.05, 0.1) is 22.5 Å². The Balaban J connectivity index is 1.85. The molecular formula is C15H11BrClN3O. The SMILES string of the molecule is O=c1[nH]c(CNc2ccc(Cl)c(Br)c2)nc2ccccc12. The zero-order chi connectivity index (χ0) is 14.8. The van der Waals surface area contributed by atoms with Crippen LogP contribution in [0.1, 0.15) is 5.82 Å². The highest BCUT2D eigenvalue weighted by Gasteiger charge is 2.04. The average molecular weight is 365 g/mol. The van der Waals surface area contributed by atoms with Crippen molar-refractivity contribution in [2.75, 3.05) is 5.32 Å². The highest BCUT2D eigenvalue weighted by molar-refractivity contribution is 9.10. The van der Waals surface area contributed by atoms with Crippen LogP contribution < -0.4 is 10.9 Å². The van der Waals surface area contributed by atoms with Crippen LogP contribution in [0, 0.1) is 0 Å². The van der Waals surface area contributed by atoms with E-state index in [1.807, 2.05) is 30.3 Å². The molecule has 0 spiro atoms. The fourth-order valence-electron chi connectivity index (χ4n) is 2.01. The lowest BCUT2D eigenvalue weighted by Gasteiger charge is -2.07. The number of fused-ring (bicyclic) bond motifs is 1. The van der Waals surface area contributed by atoms with E-state index in [9.17, 15) is 4.79 Å². The van der Waals surface area contributed by atoms with E-state index < -0.39 is 0 Å². The van der Waals surface area contributed by atoms with Crippen LogP contribution in [0.2, 0.25) is 5.02 Å². The Morgan fingerprint density at radius 1 is 1.24 bits per heavy atom. The van der Waals surface area contributed by atoms with E-state index in [0.29, 0.717) is 28.3 Å². The summed E-state index contributed by atoms with van der Waals surface area (Å²) in [7, 11) is 0. The summed E-state index contributed by atoms with van der Waals surface area (Å²) in [5, 5.41) is 4.44. The van der Waals surface area contributed by atoms with Crippen molar-refractivity contribution in [3.8, 4) is 0 Å². The number of hydrogen-bond acceptors (Lipinski definition) is 3. The molecule has 0 aliphatic rings. The van der Waals surface area contributed by atoms with Gasteiger partial charge in [-0.2, -0.15) is 0 Å². The molecule has 3 aromatic rings. The number of hydrogen-bond donors (Lipinski definition) is 2. The van der Waals surface area contributed by atoms with E-state index in [4.69, 9.17) is 11.6 Å². The van der Waals surface area contributed by atoms with E-state index in [1.165, 1.54) is 0 Å². The van der Waals surface area contributed by atoms with Crippen molar-refractivity contribution in [2.45, 2.75) is 6.54 Å². The Morgan fingerprint density at radius 2 is 2.05 bits per heavy atom. The molecular weight excluding hydrogens is 354 g/mol. The maximum atomic E-state index is 12.0. The third kappa shape index (κ3) is 3.09. The van der Waals surface area contributed by atoms with Crippen molar-refractivity contribution in [3.63, 3.8) is 0 Å². The number of nitrogens with zero attached hydrogens (tertiary/aromatic N) is 1. The fraction of sp³-hybridized carbons (Fsp3) is 0.0667. The molecule has 0 unspecified atom stereocenters. The highest BCUT2D eigenvalue weighted by Crippen LogP contribution is 2.25. The van der Waals surface area contributed by atoms with Gasteiger partial charge in [0.15, 0.2) is 0 Å². The summed E-state index contributed by atoms with van der Waals surface area (Å²) in [6.07, 6.45) is 0. The first-order valence-electron chi connectivity index (χ1n) is 6.30. The lowest BCUT2D eigenvalue weighted by molar-refractivity contribution is 0.953. The van der Waals surface area contributed by atoms with Gasteiger partial charge in [0.1, 0.15) is 5.82 Å². The van der Waals surface area contributed by atoms with Crippen LogP contribution in [0.5, 0.6) is 0 Å². The second-order valence-electron chi connectivity index (χ2n) is 4.51. The minimum atomic E-state index is -0.130. The second kappa shape index (κ2) is 5.87. The Morgan fingerprint density at radius 3 is 2.86 bits per heavy atom. The van der Waals surface area contributed by atoms with Crippen molar-refractivity contribution in [2.24, 2.45) is 0 Å². The molecule has 6 heteroatoms. The smallest absolute Gasteiger partial charge is 0.258 e. The van der Waals surface area contributed by atoms with Crippen LogP contribution in [0.15, 0.2) is 51.7 Å². The van der Waals surface area contributed by atoms with Gasteiger partial charge >= 0.3 is 0 Å². The van der Waals surface area contributed by atoms with E-state index in [-0.39, 0.29) is 5.56 Å². The van der Waals surface area contributed by atoms with Gasteiger partial charge in [-0.1, -0.05) is 23.7 Å². The van der Waals surface area contributed by atoms with Crippen LogP contribution in [0.3, 0.4) is 0 Å². The van der Waals surface area contributed by atoms with Gasteiger partial charge in [-0.3, -0.25) is 4.79 Å². The van der Waals surface area contributed by atoms with Crippen LogP contribution in [0.4, 0.5) is 5.69 Å². The number of halogens is 2. The minimum Gasteiger partial charge on any atom is -0.378 e. The molecule has 0 radical (unpaired) electrons. The predicted octanol–water partition coefficient (Wildman–Crippen LogP) is 3.95. The molecule has 2 aromatic carbocycles. The van der Waals surface area contributed by atoms with E-state index in [2.05, 4.69) is 31.2 Å². The summed E-state index contributed by atoms with van der Waals surface area (Å²) in [6, 6.07) is 12.8.